The monoisotopic (exact) mass is 743 g/mol. The maximum Gasteiger partial charge on any atom is 0.238 e. The number of nitrogens with zero attached hydrogens (tertiary/aromatic N) is 1. The summed E-state index contributed by atoms with van der Waals surface area (Å²) in [6.45, 7) is 0. The summed E-state index contributed by atoms with van der Waals surface area (Å²) in [6.07, 6.45) is 3.75. The third kappa shape index (κ3) is 5.29. The molecule has 0 bridgehead atoms. The van der Waals surface area contributed by atoms with Gasteiger partial charge in [-0.15, -0.1) is 0 Å². The van der Waals surface area contributed by atoms with Crippen molar-refractivity contribution in [1.82, 2.24) is 0 Å². The van der Waals surface area contributed by atoms with E-state index in [1.165, 1.54) is 17.0 Å². The summed E-state index contributed by atoms with van der Waals surface area (Å²) in [5.41, 5.74) is 2.44. The van der Waals surface area contributed by atoms with Gasteiger partial charge in [0, 0.05) is 39.1 Å². The van der Waals surface area contributed by atoms with E-state index in [1.807, 2.05) is 60.7 Å². The molecule has 55 heavy (non-hydrogen) atoms. The lowest BCUT2D eigenvalue weighted by molar-refractivity contribution is -0.135. The first kappa shape index (κ1) is 34.6. The molecule has 8 heteroatoms. The number of aromatic hydroxyl groups is 1. The van der Waals surface area contributed by atoms with E-state index in [-0.39, 0.29) is 47.4 Å². The number of hydrogen-bond donors (Lipinski definition) is 1. The number of halogens is 1. The van der Waals surface area contributed by atoms with E-state index in [0.29, 0.717) is 38.5 Å². The number of phenolic OH excluding ortho intramolecular Hbond substituents is 1. The van der Waals surface area contributed by atoms with Crippen molar-refractivity contribution in [3.05, 3.63) is 184 Å². The third-order valence-electron chi connectivity index (χ3n) is 12.1. The van der Waals surface area contributed by atoms with Crippen LogP contribution in [0, 0.1) is 23.7 Å². The van der Waals surface area contributed by atoms with Gasteiger partial charge in [-0.2, -0.15) is 0 Å². The van der Waals surface area contributed by atoms with Crippen molar-refractivity contribution in [2.45, 2.75) is 24.2 Å². The van der Waals surface area contributed by atoms with Gasteiger partial charge in [0.1, 0.15) is 5.75 Å². The van der Waals surface area contributed by atoms with Gasteiger partial charge in [0.15, 0.2) is 17.3 Å². The number of phenols is 1. The van der Waals surface area contributed by atoms with E-state index in [0.717, 1.165) is 5.57 Å². The summed E-state index contributed by atoms with van der Waals surface area (Å²) in [5, 5.41) is 11.9. The van der Waals surface area contributed by atoms with Crippen LogP contribution in [-0.4, -0.2) is 34.3 Å². The number of ketones is 3. The van der Waals surface area contributed by atoms with Crippen molar-refractivity contribution in [3.8, 4) is 5.75 Å². The van der Waals surface area contributed by atoms with Gasteiger partial charge >= 0.3 is 0 Å². The van der Waals surface area contributed by atoms with Gasteiger partial charge in [0.05, 0.1) is 22.9 Å². The second kappa shape index (κ2) is 13.3. The van der Waals surface area contributed by atoms with Gasteiger partial charge in [0.25, 0.3) is 0 Å². The van der Waals surface area contributed by atoms with Crippen LogP contribution in [0.2, 0.25) is 5.02 Å². The van der Waals surface area contributed by atoms with E-state index in [1.54, 1.807) is 72.8 Å². The molecule has 6 unspecified atom stereocenters. The summed E-state index contributed by atoms with van der Waals surface area (Å²) in [5.74, 6) is -5.54. The number of carbonyl (C=O) groups is 5. The summed E-state index contributed by atoms with van der Waals surface area (Å²) < 4.78 is 0. The fourth-order valence-electron chi connectivity index (χ4n) is 9.75. The number of amides is 2. The summed E-state index contributed by atoms with van der Waals surface area (Å²) in [4.78, 5) is 73.6. The Balaban J connectivity index is 1.18. The SMILES string of the molecule is O=C(c1ccccc1)c1ccc(N2C(=O)C3CC=C4C(CC5C(=O)C(c6ccccc6)=CC(=O)C5(c5ccccc5)C4c4cc(Cl)ccc4O)C3C2=O)cc1. The highest BCUT2D eigenvalue weighted by molar-refractivity contribution is 6.32. The fraction of sp³-hybridized carbons (Fsp3) is 0.170. The molecule has 270 valence electrons. The minimum atomic E-state index is -1.49. The molecule has 0 radical (unpaired) electrons. The highest BCUT2D eigenvalue weighted by atomic mass is 35.5. The molecule has 1 aliphatic heterocycles. The molecule has 5 aromatic carbocycles. The minimum Gasteiger partial charge on any atom is -0.508 e. The zero-order valence-corrected chi connectivity index (χ0v) is 30.2. The number of carbonyl (C=O) groups excluding carboxylic acids is 5. The normalized spacial score (nSPS) is 25.8. The highest BCUT2D eigenvalue weighted by Gasteiger charge is 2.66. The molecule has 2 amide bonds. The lowest BCUT2D eigenvalue weighted by atomic mass is 9.44. The molecule has 2 fully saturated rings. The summed E-state index contributed by atoms with van der Waals surface area (Å²) >= 11 is 6.61. The second-order valence-corrected chi connectivity index (χ2v) is 15.2. The molecule has 3 aliphatic carbocycles. The summed E-state index contributed by atoms with van der Waals surface area (Å²) in [7, 11) is 0. The van der Waals surface area contributed by atoms with Crippen LogP contribution in [-0.2, 0) is 24.6 Å². The number of imide groups is 1. The van der Waals surface area contributed by atoms with Crippen LogP contribution in [0.5, 0.6) is 5.75 Å². The Kier molecular flexibility index (Phi) is 8.35. The standard InChI is InChI=1S/C47H34ClNO6/c48-31-18-23-39(50)37(24-31)42-33-21-22-34-41(46(55)49(45(34)54)32-19-16-29(17-20-32)43(52)28-12-6-2-7-13-28)36(33)25-38-44(53)35(27-10-4-1-5-11-27)26-40(51)47(38,42)30-14-8-3-9-15-30/h1-21,23-24,26,34,36,38,41-42,50H,22,25H2. The van der Waals surface area contributed by atoms with Crippen molar-refractivity contribution in [2.75, 3.05) is 4.90 Å². The van der Waals surface area contributed by atoms with Crippen LogP contribution in [0.15, 0.2) is 151 Å². The molecule has 9 rings (SSSR count). The molecule has 0 spiro atoms. The average Bonchev–Trinajstić information content (AvgIpc) is 3.48. The first-order chi connectivity index (χ1) is 26.7. The molecule has 4 aliphatic rings. The first-order valence-corrected chi connectivity index (χ1v) is 18.7. The Morgan fingerprint density at radius 1 is 0.727 bits per heavy atom. The lowest BCUT2D eigenvalue weighted by Gasteiger charge is -2.55. The van der Waals surface area contributed by atoms with E-state index >= 15 is 9.59 Å². The van der Waals surface area contributed by atoms with Crippen LogP contribution in [0.1, 0.15) is 51.4 Å². The molecule has 1 saturated heterocycles. The Morgan fingerprint density at radius 2 is 1.36 bits per heavy atom. The molecule has 5 aromatic rings. The van der Waals surface area contributed by atoms with E-state index in [2.05, 4.69) is 0 Å². The molecule has 1 saturated carbocycles. The zero-order chi connectivity index (χ0) is 38.0. The van der Waals surface area contributed by atoms with Crippen molar-refractivity contribution in [3.63, 3.8) is 0 Å². The van der Waals surface area contributed by atoms with E-state index in [9.17, 15) is 19.5 Å². The van der Waals surface area contributed by atoms with Gasteiger partial charge in [0.2, 0.25) is 11.8 Å². The largest absolute Gasteiger partial charge is 0.508 e. The van der Waals surface area contributed by atoms with Gasteiger partial charge in [-0.1, -0.05) is 114 Å². The maximum absolute atomic E-state index is 15.2. The van der Waals surface area contributed by atoms with Crippen molar-refractivity contribution < 1.29 is 29.1 Å². The number of Topliss-reactive ketones (excluding diaryl/α,β-unsaturated/α-hetero) is 1. The van der Waals surface area contributed by atoms with Gasteiger partial charge in [-0.3, -0.25) is 28.9 Å². The lowest BCUT2D eigenvalue weighted by Crippen LogP contribution is -2.58. The predicted octanol–water partition coefficient (Wildman–Crippen LogP) is 8.31. The topological polar surface area (TPSA) is 109 Å². The first-order valence-electron chi connectivity index (χ1n) is 18.4. The Bertz CT molecular complexity index is 2480. The van der Waals surface area contributed by atoms with Crippen molar-refractivity contribution in [2.24, 2.45) is 23.7 Å². The van der Waals surface area contributed by atoms with Crippen LogP contribution in [0.3, 0.4) is 0 Å². The summed E-state index contributed by atoms with van der Waals surface area (Å²) in [6, 6.07) is 38.3. The van der Waals surface area contributed by atoms with Gasteiger partial charge in [-0.25, -0.2) is 0 Å². The van der Waals surface area contributed by atoms with Gasteiger partial charge < -0.3 is 5.11 Å². The molecule has 0 aromatic heterocycles. The number of benzene rings is 5. The molecule has 1 heterocycles. The third-order valence-corrected chi connectivity index (χ3v) is 12.3. The number of hydrogen-bond acceptors (Lipinski definition) is 6. The number of anilines is 1. The molecule has 1 N–H and O–H groups in total. The number of rotatable bonds is 6. The van der Waals surface area contributed by atoms with Crippen LogP contribution in [0.4, 0.5) is 5.69 Å². The maximum atomic E-state index is 15.2. The Morgan fingerprint density at radius 3 is 2.05 bits per heavy atom. The number of allylic oxidation sites excluding steroid dienone is 4. The van der Waals surface area contributed by atoms with Gasteiger partial charge in [-0.05, 0) is 78.4 Å². The Hall–Kier alpha value is -6.18. The quantitative estimate of drug-likeness (QED) is 0.107. The minimum absolute atomic E-state index is 0.0918. The molecular weight excluding hydrogens is 710 g/mol. The zero-order valence-electron chi connectivity index (χ0n) is 29.5. The van der Waals surface area contributed by atoms with Crippen LogP contribution >= 0.6 is 11.6 Å². The predicted molar refractivity (Wildman–Crippen MR) is 208 cm³/mol. The number of fused-ring (bicyclic) bond motifs is 4. The fourth-order valence-corrected chi connectivity index (χ4v) is 9.93. The van der Waals surface area contributed by atoms with Crippen LogP contribution < -0.4 is 4.90 Å². The smallest absolute Gasteiger partial charge is 0.238 e. The van der Waals surface area contributed by atoms with Crippen molar-refractivity contribution >= 4 is 52.0 Å². The Labute approximate surface area is 322 Å². The highest BCUT2D eigenvalue weighted by Crippen LogP contribution is 2.64. The van der Waals surface area contributed by atoms with Crippen molar-refractivity contribution in [1.29, 1.82) is 0 Å². The van der Waals surface area contributed by atoms with Crippen LogP contribution in [0.25, 0.3) is 5.57 Å². The second-order valence-electron chi connectivity index (χ2n) is 14.7. The van der Waals surface area contributed by atoms with E-state index < -0.39 is 40.9 Å². The molecule has 7 nitrogen and oxygen atoms in total. The average molecular weight is 744 g/mol. The van der Waals surface area contributed by atoms with E-state index in [4.69, 9.17) is 11.6 Å². The molecular formula is C47H34ClNO6. The molecule has 6 atom stereocenters.